The standard InChI is InChI=1S/C24H23N3O3S2/c1-29-19-8-7-16(13-20(19)30-2)22-26-18(14-31-22)24(28)27-11-9-15(10-12-27)23-25-17-5-3-4-6-21(17)32-23/h3-8,13-15H,9-12H2,1-2H3. The monoisotopic (exact) mass is 465 g/mol. The highest BCUT2D eigenvalue weighted by molar-refractivity contribution is 7.18. The molecule has 0 radical (unpaired) electrons. The summed E-state index contributed by atoms with van der Waals surface area (Å²) in [7, 11) is 3.22. The minimum atomic E-state index is -0.00396. The fourth-order valence-corrected chi connectivity index (χ4v) is 5.96. The van der Waals surface area contributed by atoms with Crippen LogP contribution in [-0.2, 0) is 0 Å². The van der Waals surface area contributed by atoms with Crippen molar-refractivity contribution < 1.29 is 14.3 Å². The summed E-state index contributed by atoms with van der Waals surface area (Å²) < 4.78 is 11.9. The molecule has 1 amide bonds. The number of hydrogen-bond acceptors (Lipinski definition) is 7. The maximum absolute atomic E-state index is 13.1. The number of benzene rings is 2. The first-order valence-electron chi connectivity index (χ1n) is 10.5. The van der Waals surface area contributed by atoms with Crippen LogP contribution in [0.4, 0.5) is 0 Å². The maximum atomic E-state index is 13.1. The lowest BCUT2D eigenvalue weighted by atomic mass is 9.97. The number of hydrogen-bond donors (Lipinski definition) is 0. The van der Waals surface area contributed by atoms with E-state index in [1.54, 1.807) is 25.6 Å². The number of para-hydroxylation sites is 1. The van der Waals surface area contributed by atoms with E-state index in [2.05, 4.69) is 23.2 Å². The number of piperidine rings is 1. The number of amides is 1. The molecule has 0 N–H and O–H groups in total. The zero-order valence-corrected chi connectivity index (χ0v) is 19.5. The van der Waals surface area contributed by atoms with Crippen molar-refractivity contribution in [2.45, 2.75) is 18.8 Å². The lowest BCUT2D eigenvalue weighted by Crippen LogP contribution is -2.38. The Hall–Kier alpha value is -2.97. The molecule has 0 aliphatic carbocycles. The van der Waals surface area contributed by atoms with Crippen molar-refractivity contribution in [3.63, 3.8) is 0 Å². The number of thiazole rings is 2. The molecule has 3 heterocycles. The summed E-state index contributed by atoms with van der Waals surface area (Å²) >= 11 is 3.24. The number of carbonyl (C=O) groups excluding carboxylic acids is 1. The molecule has 0 atom stereocenters. The van der Waals surface area contributed by atoms with Gasteiger partial charge >= 0.3 is 0 Å². The molecule has 5 rings (SSSR count). The van der Waals surface area contributed by atoms with E-state index in [1.807, 2.05) is 34.5 Å². The topological polar surface area (TPSA) is 64.5 Å². The summed E-state index contributed by atoms with van der Waals surface area (Å²) in [5.41, 5.74) is 2.47. The quantitative estimate of drug-likeness (QED) is 0.392. The highest BCUT2D eigenvalue weighted by Gasteiger charge is 2.27. The van der Waals surface area contributed by atoms with Crippen LogP contribution >= 0.6 is 22.7 Å². The zero-order chi connectivity index (χ0) is 22.1. The zero-order valence-electron chi connectivity index (χ0n) is 17.9. The summed E-state index contributed by atoms with van der Waals surface area (Å²) in [5, 5.41) is 3.81. The van der Waals surface area contributed by atoms with Gasteiger partial charge in [-0.15, -0.1) is 22.7 Å². The molecule has 1 saturated heterocycles. The van der Waals surface area contributed by atoms with Crippen LogP contribution in [0, 0.1) is 0 Å². The summed E-state index contributed by atoms with van der Waals surface area (Å²) in [4.78, 5) is 24.4. The number of methoxy groups -OCH3 is 2. The molecule has 2 aromatic carbocycles. The van der Waals surface area contributed by atoms with Crippen LogP contribution in [0.5, 0.6) is 11.5 Å². The molecule has 0 unspecified atom stereocenters. The molecule has 164 valence electrons. The smallest absolute Gasteiger partial charge is 0.273 e. The molecule has 0 saturated carbocycles. The number of nitrogens with zero attached hydrogens (tertiary/aromatic N) is 3. The van der Waals surface area contributed by atoms with Crippen molar-refractivity contribution in [2.75, 3.05) is 27.3 Å². The van der Waals surface area contributed by atoms with E-state index in [9.17, 15) is 4.79 Å². The molecule has 32 heavy (non-hydrogen) atoms. The van der Waals surface area contributed by atoms with Gasteiger partial charge < -0.3 is 14.4 Å². The molecular weight excluding hydrogens is 442 g/mol. The van der Waals surface area contributed by atoms with Crippen molar-refractivity contribution in [1.82, 2.24) is 14.9 Å². The number of ether oxygens (including phenoxy) is 2. The first-order chi connectivity index (χ1) is 15.7. The predicted molar refractivity (Wildman–Crippen MR) is 128 cm³/mol. The molecule has 4 aromatic rings. The maximum Gasteiger partial charge on any atom is 0.273 e. The van der Waals surface area contributed by atoms with Crippen LogP contribution in [0.3, 0.4) is 0 Å². The van der Waals surface area contributed by atoms with Crippen molar-refractivity contribution >= 4 is 38.8 Å². The van der Waals surface area contributed by atoms with Crippen molar-refractivity contribution in [3.05, 3.63) is 58.5 Å². The molecule has 1 aliphatic rings. The number of fused-ring (bicyclic) bond motifs is 1. The first kappa shape index (κ1) is 20.9. The average Bonchev–Trinajstić information content (AvgIpc) is 3.51. The lowest BCUT2D eigenvalue weighted by molar-refractivity contribution is 0.0708. The molecule has 8 heteroatoms. The van der Waals surface area contributed by atoms with Gasteiger partial charge in [0.15, 0.2) is 11.5 Å². The Balaban J connectivity index is 1.26. The van der Waals surface area contributed by atoms with Crippen molar-refractivity contribution in [2.24, 2.45) is 0 Å². The first-order valence-corrected chi connectivity index (χ1v) is 12.2. The highest BCUT2D eigenvalue weighted by Crippen LogP contribution is 2.35. The number of aromatic nitrogens is 2. The van der Waals surface area contributed by atoms with E-state index in [0.29, 0.717) is 23.1 Å². The van der Waals surface area contributed by atoms with Gasteiger partial charge in [-0.2, -0.15) is 0 Å². The van der Waals surface area contributed by atoms with Crippen LogP contribution in [0.2, 0.25) is 0 Å². The Morgan fingerprint density at radius 3 is 2.56 bits per heavy atom. The van der Waals surface area contributed by atoms with Crippen LogP contribution < -0.4 is 9.47 Å². The Morgan fingerprint density at radius 1 is 1.03 bits per heavy atom. The Morgan fingerprint density at radius 2 is 1.81 bits per heavy atom. The van der Waals surface area contributed by atoms with E-state index in [0.717, 1.165) is 42.0 Å². The largest absolute Gasteiger partial charge is 0.493 e. The molecule has 1 fully saturated rings. The van der Waals surface area contributed by atoms with Gasteiger partial charge in [0.1, 0.15) is 10.7 Å². The number of rotatable bonds is 5. The van der Waals surface area contributed by atoms with E-state index in [-0.39, 0.29) is 5.91 Å². The minimum absolute atomic E-state index is 0.00396. The van der Waals surface area contributed by atoms with Crippen molar-refractivity contribution in [3.8, 4) is 22.1 Å². The molecule has 6 nitrogen and oxygen atoms in total. The minimum Gasteiger partial charge on any atom is -0.493 e. The Labute approximate surface area is 194 Å². The number of carbonyl (C=O) groups is 1. The van der Waals surface area contributed by atoms with Gasteiger partial charge in [-0.3, -0.25) is 4.79 Å². The SMILES string of the molecule is COc1ccc(-c2nc(C(=O)N3CCC(c4nc5ccccc5s4)CC3)cs2)cc1OC. The summed E-state index contributed by atoms with van der Waals surface area (Å²) in [5.74, 6) is 1.72. The van der Waals surface area contributed by atoms with Crippen LogP contribution in [-0.4, -0.2) is 48.1 Å². The van der Waals surface area contributed by atoms with Gasteiger partial charge in [0.05, 0.1) is 29.4 Å². The van der Waals surface area contributed by atoms with Crippen LogP contribution in [0.15, 0.2) is 47.8 Å². The van der Waals surface area contributed by atoms with E-state index >= 15 is 0 Å². The van der Waals surface area contributed by atoms with Gasteiger partial charge in [-0.25, -0.2) is 9.97 Å². The van der Waals surface area contributed by atoms with Gasteiger partial charge in [0, 0.05) is 30.0 Å². The van der Waals surface area contributed by atoms with Gasteiger partial charge in [-0.05, 0) is 43.2 Å². The lowest BCUT2D eigenvalue weighted by Gasteiger charge is -2.30. The molecule has 1 aliphatic heterocycles. The predicted octanol–water partition coefficient (Wildman–Crippen LogP) is 5.46. The molecular formula is C24H23N3O3S2. The van der Waals surface area contributed by atoms with Gasteiger partial charge in [-0.1, -0.05) is 12.1 Å². The second-order valence-electron chi connectivity index (χ2n) is 7.69. The Bertz CT molecular complexity index is 1230. The summed E-state index contributed by atoms with van der Waals surface area (Å²) in [6.45, 7) is 1.45. The third kappa shape index (κ3) is 3.96. The third-order valence-electron chi connectivity index (χ3n) is 5.80. The molecule has 2 aromatic heterocycles. The number of likely N-dealkylation sites (tertiary alicyclic amines) is 1. The Kier molecular flexibility index (Phi) is 5.80. The third-order valence-corrected chi connectivity index (χ3v) is 7.89. The summed E-state index contributed by atoms with van der Waals surface area (Å²) in [6.07, 6.45) is 1.86. The highest BCUT2D eigenvalue weighted by atomic mass is 32.1. The molecule has 0 bridgehead atoms. The van der Waals surface area contributed by atoms with Gasteiger partial charge in [0.2, 0.25) is 0 Å². The fraction of sp³-hybridized carbons (Fsp3) is 0.292. The second kappa shape index (κ2) is 8.88. The second-order valence-corrected chi connectivity index (χ2v) is 9.61. The van der Waals surface area contributed by atoms with E-state index < -0.39 is 0 Å². The van der Waals surface area contributed by atoms with Gasteiger partial charge in [0.25, 0.3) is 5.91 Å². The van der Waals surface area contributed by atoms with E-state index in [4.69, 9.17) is 14.5 Å². The van der Waals surface area contributed by atoms with E-state index in [1.165, 1.54) is 21.0 Å². The normalized spacial score (nSPS) is 14.6. The molecule has 0 spiro atoms. The fourth-order valence-electron chi connectivity index (χ4n) is 4.03. The van der Waals surface area contributed by atoms with Crippen LogP contribution in [0.1, 0.15) is 34.3 Å². The average molecular weight is 466 g/mol. The van der Waals surface area contributed by atoms with Crippen molar-refractivity contribution in [1.29, 1.82) is 0 Å². The van der Waals surface area contributed by atoms with Crippen LogP contribution in [0.25, 0.3) is 20.8 Å². The summed E-state index contributed by atoms with van der Waals surface area (Å²) in [6, 6.07) is 13.9.